The van der Waals surface area contributed by atoms with Gasteiger partial charge in [0.25, 0.3) is 11.8 Å². The average molecular weight is 402 g/mol. The van der Waals surface area contributed by atoms with E-state index in [0.717, 1.165) is 10.8 Å². The molecule has 0 fully saturated rings. The molecule has 0 saturated carbocycles. The van der Waals surface area contributed by atoms with Gasteiger partial charge in [-0.05, 0) is 42.5 Å². The molecule has 1 heterocycles. The lowest BCUT2D eigenvalue weighted by atomic mass is 10.1. The van der Waals surface area contributed by atoms with Gasteiger partial charge < -0.3 is 10.6 Å². The number of anilines is 2. The van der Waals surface area contributed by atoms with Gasteiger partial charge >= 0.3 is 0 Å². The fourth-order valence-corrected chi connectivity index (χ4v) is 3.23. The minimum atomic E-state index is -0.338. The van der Waals surface area contributed by atoms with Crippen molar-refractivity contribution in [2.75, 3.05) is 10.6 Å². The molecule has 142 valence electrons. The number of benzene rings is 3. The third-order valence-corrected chi connectivity index (χ3v) is 4.76. The van der Waals surface area contributed by atoms with Crippen molar-refractivity contribution in [3.63, 3.8) is 0 Å². The molecule has 2 amide bonds. The normalized spacial score (nSPS) is 10.5. The third kappa shape index (κ3) is 4.10. The molecule has 0 bridgehead atoms. The number of halogens is 1. The Morgan fingerprint density at radius 3 is 2.52 bits per heavy atom. The van der Waals surface area contributed by atoms with E-state index < -0.39 is 0 Å². The van der Waals surface area contributed by atoms with Gasteiger partial charge in [0, 0.05) is 40.1 Å². The lowest BCUT2D eigenvalue weighted by Gasteiger charge is -2.10. The molecule has 0 unspecified atom stereocenters. The molecule has 1 aromatic heterocycles. The Morgan fingerprint density at radius 2 is 1.66 bits per heavy atom. The summed E-state index contributed by atoms with van der Waals surface area (Å²) in [5.41, 5.74) is 1.99. The Balaban J connectivity index is 1.54. The maximum atomic E-state index is 12.8. The van der Waals surface area contributed by atoms with Crippen molar-refractivity contribution in [1.29, 1.82) is 0 Å². The number of carbonyl (C=O) groups is 2. The van der Waals surface area contributed by atoms with Crippen molar-refractivity contribution in [2.45, 2.75) is 0 Å². The topological polar surface area (TPSA) is 71.1 Å². The summed E-state index contributed by atoms with van der Waals surface area (Å²) in [6, 6.07) is 21.0. The summed E-state index contributed by atoms with van der Waals surface area (Å²) in [5.74, 6) is -0.613. The Hall–Kier alpha value is -3.70. The van der Waals surface area contributed by atoms with Crippen LogP contribution in [0.15, 0.2) is 85.2 Å². The number of nitrogens with one attached hydrogen (secondary N) is 2. The van der Waals surface area contributed by atoms with Crippen LogP contribution in [-0.4, -0.2) is 16.8 Å². The molecule has 4 aromatic rings. The summed E-state index contributed by atoms with van der Waals surface area (Å²) in [5, 5.41) is 7.90. The van der Waals surface area contributed by atoms with Crippen LogP contribution < -0.4 is 10.6 Å². The number of nitrogens with zero attached hydrogens (tertiary/aromatic N) is 1. The van der Waals surface area contributed by atoms with Gasteiger partial charge in [-0.2, -0.15) is 0 Å². The smallest absolute Gasteiger partial charge is 0.257 e. The number of carbonyl (C=O) groups excluding carboxylic acids is 2. The minimum Gasteiger partial charge on any atom is -0.322 e. The number of amides is 2. The summed E-state index contributed by atoms with van der Waals surface area (Å²) in [7, 11) is 0. The zero-order valence-electron chi connectivity index (χ0n) is 15.2. The predicted octanol–water partition coefficient (Wildman–Crippen LogP) is 5.39. The van der Waals surface area contributed by atoms with Crippen LogP contribution in [0.1, 0.15) is 20.7 Å². The van der Waals surface area contributed by atoms with E-state index in [1.165, 1.54) is 0 Å². The molecule has 0 aliphatic heterocycles. The third-order valence-electron chi connectivity index (χ3n) is 4.43. The first-order chi connectivity index (χ1) is 14.1. The summed E-state index contributed by atoms with van der Waals surface area (Å²) < 4.78 is 0. The standard InChI is InChI=1S/C23H16ClN3O2/c24-20-9-2-1-8-19(20)23(29)26-17-7-3-5-15(13-17)22(28)27-21-10-4-6-16-14-25-12-11-18(16)21/h1-14H,(H,26,29)(H,27,28). The van der Waals surface area contributed by atoms with Crippen LogP contribution >= 0.6 is 11.6 Å². The van der Waals surface area contributed by atoms with E-state index in [-0.39, 0.29) is 11.8 Å². The van der Waals surface area contributed by atoms with Gasteiger partial charge in [0.15, 0.2) is 0 Å². The van der Waals surface area contributed by atoms with Crippen LogP contribution in [0.4, 0.5) is 11.4 Å². The second-order valence-electron chi connectivity index (χ2n) is 6.37. The second-order valence-corrected chi connectivity index (χ2v) is 6.78. The highest BCUT2D eigenvalue weighted by molar-refractivity contribution is 6.34. The summed E-state index contributed by atoms with van der Waals surface area (Å²) in [4.78, 5) is 29.3. The highest BCUT2D eigenvalue weighted by atomic mass is 35.5. The first-order valence-electron chi connectivity index (χ1n) is 8.92. The Bertz CT molecular complexity index is 1220. The second kappa shape index (κ2) is 8.12. The fourth-order valence-electron chi connectivity index (χ4n) is 3.01. The Kier molecular flexibility index (Phi) is 5.22. The highest BCUT2D eigenvalue weighted by Crippen LogP contribution is 2.23. The quantitative estimate of drug-likeness (QED) is 0.481. The van der Waals surface area contributed by atoms with Crippen molar-refractivity contribution in [2.24, 2.45) is 0 Å². The number of hydrogen-bond acceptors (Lipinski definition) is 3. The van der Waals surface area contributed by atoms with E-state index in [9.17, 15) is 9.59 Å². The molecule has 6 heteroatoms. The zero-order chi connectivity index (χ0) is 20.2. The predicted molar refractivity (Wildman–Crippen MR) is 116 cm³/mol. The van der Waals surface area contributed by atoms with Crippen LogP contribution in [0.25, 0.3) is 10.8 Å². The monoisotopic (exact) mass is 401 g/mol. The Morgan fingerprint density at radius 1 is 0.828 bits per heavy atom. The lowest BCUT2D eigenvalue weighted by molar-refractivity contribution is 0.101. The van der Waals surface area contributed by atoms with Crippen LogP contribution in [0, 0.1) is 0 Å². The van der Waals surface area contributed by atoms with Crippen LogP contribution in [0.5, 0.6) is 0 Å². The van der Waals surface area contributed by atoms with E-state index in [0.29, 0.717) is 27.5 Å². The Labute approximate surface area is 172 Å². The summed E-state index contributed by atoms with van der Waals surface area (Å²) >= 11 is 6.08. The molecular weight excluding hydrogens is 386 g/mol. The van der Waals surface area contributed by atoms with Gasteiger partial charge in [-0.15, -0.1) is 0 Å². The molecular formula is C23H16ClN3O2. The molecule has 29 heavy (non-hydrogen) atoms. The molecule has 3 aromatic carbocycles. The molecule has 4 rings (SSSR count). The van der Waals surface area contributed by atoms with Gasteiger partial charge in [-0.1, -0.05) is 41.9 Å². The molecule has 5 nitrogen and oxygen atoms in total. The summed E-state index contributed by atoms with van der Waals surface area (Å²) in [6.07, 6.45) is 3.43. The highest BCUT2D eigenvalue weighted by Gasteiger charge is 2.12. The van der Waals surface area contributed by atoms with E-state index >= 15 is 0 Å². The van der Waals surface area contributed by atoms with Crippen LogP contribution in [0.3, 0.4) is 0 Å². The van der Waals surface area contributed by atoms with Gasteiger partial charge in [-0.3, -0.25) is 14.6 Å². The van der Waals surface area contributed by atoms with Crippen molar-refractivity contribution in [1.82, 2.24) is 4.98 Å². The number of aromatic nitrogens is 1. The van der Waals surface area contributed by atoms with Crippen molar-refractivity contribution >= 4 is 45.6 Å². The van der Waals surface area contributed by atoms with Gasteiger partial charge in [0.05, 0.1) is 10.6 Å². The molecule has 2 N–H and O–H groups in total. The minimum absolute atomic E-state index is 0.275. The SMILES string of the molecule is O=C(Nc1cccc2cnccc12)c1cccc(NC(=O)c2ccccc2Cl)c1. The molecule has 0 aliphatic rings. The summed E-state index contributed by atoms with van der Waals surface area (Å²) in [6.45, 7) is 0. The average Bonchev–Trinajstić information content (AvgIpc) is 2.74. The van der Waals surface area contributed by atoms with E-state index in [2.05, 4.69) is 15.6 Å². The zero-order valence-corrected chi connectivity index (χ0v) is 16.0. The van der Waals surface area contributed by atoms with Crippen molar-refractivity contribution in [3.05, 3.63) is 101 Å². The largest absolute Gasteiger partial charge is 0.322 e. The number of pyridine rings is 1. The fraction of sp³-hybridized carbons (Fsp3) is 0. The first-order valence-corrected chi connectivity index (χ1v) is 9.30. The van der Waals surface area contributed by atoms with Crippen LogP contribution in [0.2, 0.25) is 5.02 Å². The molecule has 0 atom stereocenters. The maximum absolute atomic E-state index is 12.8. The van der Waals surface area contributed by atoms with Crippen molar-refractivity contribution < 1.29 is 9.59 Å². The number of rotatable bonds is 4. The van der Waals surface area contributed by atoms with E-state index in [1.807, 2.05) is 24.3 Å². The van der Waals surface area contributed by atoms with Crippen molar-refractivity contribution in [3.8, 4) is 0 Å². The molecule has 0 saturated heterocycles. The number of fused-ring (bicyclic) bond motifs is 1. The van der Waals surface area contributed by atoms with Crippen LogP contribution in [-0.2, 0) is 0 Å². The van der Waals surface area contributed by atoms with Gasteiger partial charge in [0.2, 0.25) is 0 Å². The first kappa shape index (κ1) is 18.7. The lowest BCUT2D eigenvalue weighted by Crippen LogP contribution is -2.15. The van der Waals surface area contributed by atoms with E-state index in [1.54, 1.807) is 60.9 Å². The molecule has 0 aliphatic carbocycles. The van der Waals surface area contributed by atoms with Gasteiger partial charge in [0.1, 0.15) is 0 Å². The van der Waals surface area contributed by atoms with E-state index in [4.69, 9.17) is 11.6 Å². The van der Waals surface area contributed by atoms with Gasteiger partial charge in [-0.25, -0.2) is 0 Å². The molecule has 0 radical (unpaired) electrons. The molecule has 0 spiro atoms. The maximum Gasteiger partial charge on any atom is 0.257 e. The number of hydrogen-bond donors (Lipinski definition) is 2.